The number of aliphatic hydroxyl groups is 1. The summed E-state index contributed by atoms with van der Waals surface area (Å²) in [7, 11) is 0. The van der Waals surface area contributed by atoms with E-state index in [2.05, 4.69) is 0 Å². The Morgan fingerprint density at radius 3 is 2.18 bits per heavy atom. The standard InChI is InChI=1S/C9H16O2/c1-7(10)5-6-8(11)9(2,3)4/h5-6,8,11H,1-4H3. The van der Waals surface area contributed by atoms with Gasteiger partial charge < -0.3 is 5.11 Å². The topological polar surface area (TPSA) is 37.3 Å². The van der Waals surface area contributed by atoms with E-state index in [4.69, 9.17) is 0 Å². The van der Waals surface area contributed by atoms with Gasteiger partial charge in [0.1, 0.15) is 0 Å². The lowest BCUT2D eigenvalue weighted by molar-refractivity contribution is -0.112. The monoisotopic (exact) mass is 156 g/mol. The van der Waals surface area contributed by atoms with Crippen LogP contribution in [-0.4, -0.2) is 17.0 Å². The Labute approximate surface area is 67.9 Å². The SMILES string of the molecule is CC(=O)C=CC(O)C(C)(C)C. The van der Waals surface area contributed by atoms with Gasteiger partial charge in [-0.05, 0) is 18.4 Å². The van der Waals surface area contributed by atoms with E-state index in [9.17, 15) is 9.90 Å². The third kappa shape index (κ3) is 4.73. The summed E-state index contributed by atoms with van der Waals surface area (Å²) in [6.45, 7) is 7.22. The first-order valence-corrected chi connectivity index (χ1v) is 3.71. The highest BCUT2D eigenvalue weighted by atomic mass is 16.3. The third-order valence-corrected chi connectivity index (χ3v) is 1.40. The molecule has 0 radical (unpaired) electrons. The molecule has 0 aromatic rings. The summed E-state index contributed by atoms with van der Waals surface area (Å²) in [6, 6.07) is 0. The lowest BCUT2D eigenvalue weighted by Crippen LogP contribution is -2.23. The summed E-state index contributed by atoms with van der Waals surface area (Å²) >= 11 is 0. The van der Waals surface area contributed by atoms with Crippen LogP contribution in [0.3, 0.4) is 0 Å². The van der Waals surface area contributed by atoms with Gasteiger partial charge in [0, 0.05) is 0 Å². The minimum atomic E-state index is -0.550. The highest BCUT2D eigenvalue weighted by Gasteiger charge is 2.18. The average molecular weight is 156 g/mol. The molecule has 0 rings (SSSR count). The Morgan fingerprint density at radius 2 is 1.91 bits per heavy atom. The van der Waals surface area contributed by atoms with Gasteiger partial charge in [-0.25, -0.2) is 0 Å². The Balaban J connectivity index is 4.07. The molecule has 0 saturated carbocycles. The maximum Gasteiger partial charge on any atom is 0.152 e. The van der Waals surface area contributed by atoms with E-state index in [1.54, 1.807) is 0 Å². The fourth-order valence-electron chi connectivity index (χ4n) is 0.515. The number of hydrogen-bond donors (Lipinski definition) is 1. The van der Waals surface area contributed by atoms with Crippen LogP contribution in [0.25, 0.3) is 0 Å². The van der Waals surface area contributed by atoms with Crippen molar-refractivity contribution in [1.82, 2.24) is 0 Å². The van der Waals surface area contributed by atoms with Gasteiger partial charge in [-0.15, -0.1) is 0 Å². The van der Waals surface area contributed by atoms with Crippen molar-refractivity contribution < 1.29 is 9.90 Å². The van der Waals surface area contributed by atoms with Crippen molar-refractivity contribution in [3.05, 3.63) is 12.2 Å². The number of ketones is 1. The Bertz CT molecular complexity index is 163. The van der Waals surface area contributed by atoms with E-state index in [0.29, 0.717) is 0 Å². The van der Waals surface area contributed by atoms with Crippen LogP contribution in [0.2, 0.25) is 0 Å². The summed E-state index contributed by atoms with van der Waals surface area (Å²) in [6.07, 6.45) is 2.38. The second kappa shape index (κ2) is 3.67. The average Bonchev–Trinajstić information content (AvgIpc) is 1.80. The summed E-state index contributed by atoms with van der Waals surface area (Å²) in [5.41, 5.74) is -0.189. The Morgan fingerprint density at radius 1 is 1.45 bits per heavy atom. The van der Waals surface area contributed by atoms with Gasteiger partial charge in [0.25, 0.3) is 0 Å². The highest BCUT2D eigenvalue weighted by molar-refractivity contribution is 5.87. The second-order valence-electron chi connectivity index (χ2n) is 3.78. The molecule has 0 fully saturated rings. The fraction of sp³-hybridized carbons (Fsp3) is 0.667. The molecule has 11 heavy (non-hydrogen) atoms. The maximum absolute atomic E-state index is 10.5. The van der Waals surface area contributed by atoms with Crippen molar-refractivity contribution in [2.75, 3.05) is 0 Å². The van der Waals surface area contributed by atoms with Crippen molar-refractivity contribution in [3.8, 4) is 0 Å². The predicted molar refractivity (Wildman–Crippen MR) is 45.3 cm³/mol. The van der Waals surface area contributed by atoms with Gasteiger partial charge in [-0.3, -0.25) is 4.79 Å². The van der Waals surface area contributed by atoms with Crippen LogP contribution in [-0.2, 0) is 4.79 Å². The molecule has 1 N–H and O–H groups in total. The van der Waals surface area contributed by atoms with Crippen molar-refractivity contribution >= 4 is 5.78 Å². The Hall–Kier alpha value is -0.630. The zero-order valence-corrected chi connectivity index (χ0v) is 7.59. The number of rotatable bonds is 2. The van der Waals surface area contributed by atoms with E-state index in [0.717, 1.165) is 0 Å². The number of carbonyl (C=O) groups excluding carboxylic acids is 1. The largest absolute Gasteiger partial charge is 0.388 e. The number of allylic oxidation sites excluding steroid dienone is 1. The molecule has 0 saturated heterocycles. The summed E-state index contributed by atoms with van der Waals surface area (Å²) in [5, 5.41) is 9.40. The van der Waals surface area contributed by atoms with Crippen molar-refractivity contribution in [1.29, 1.82) is 0 Å². The highest BCUT2D eigenvalue weighted by Crippen LogP contribution is 2.19. The van der Waals surface area contributed by atoms with Crippen LogP contribution >= 0.6 is 0 Å². The van der Waals surface area contributed by atoms with Gasteiger partial charge in [-0.2, -0.15) is 0 Å². The second-order valence-corrected chi connectivity index (χ2v) is 3.78. The van der Waals surface area contributed by atoms with Crippen molar-refractivity contribution in [3.63, 3.8) is 0 Å². The lowest BCUT2D eigenvalue weighted by atomic mass is 9.89. The predicted octanol–water partition coefficient (Wildman–Crippen LogP) is 1.54. The molecular formula is C9H16O2. The van der Waals surface area contributed by atoms with Gasteiger partial charge in [0.2, 0.25) is 0 Å². The molecule has 0 aliphatic rings. The third-order valence-electron chi connectivity index (χ3n) is 1.40. The first-order chi connectivity index (χ1) is 4.84. The van der Waals surface area contributed by atoms with Gasteiger partial charge in [-0.1, -0.05) is 26.8 Å². The molecule has 0 spiro atoms. The van der Waals surface area contributed by atoms with Gasteiger partial charge in [0.15, 0.2) is 5.78 Å². The van der Waals surface area contributed by atoms with Crippen LogP contribution in [0.5, 0.6) is 0 Å². The summed E-state index contributed by atoms with van der Waals surface area (Å²) in [5.74, 6) is -0.0340. The van der Waals surface area contributed by atoms with Crippen molar-refractivity contribution in [2.24, 2.45) is 5.41 Å². The minimum absolute atomic E-state index is 0.0340. The fourth-order valence-corrected chi connectivity index (χ4v) is 0.515. The zero-order chi connectivity index (χ0) is 9.07. The molecule has 0 heterocycles. The van der Waals surface area contributed by atoms with Crippen LogP contribution in [0.4, 0.5) is 0 Å². The molecule has 2 heteroatoms. The number of carbonyl (C=O) groups is 1. The molecule has 0 aromatic carbocycles. The first-order valence-electron chi connectivity index (χ1n) is 3.71. The van der Waals surface area contributed by atoms with E-state index >= 15 is 0 Å². The van der Waals surface area contributed by atoms with E-state index in [1.807, 2.05) is 20.8 Å². The van der Waals surface area contributed by atoms with Gasteiger partial charge >= 0.3 is 0 Å². The lowest BCUT2D eigenvalue weighted by Gasteiger charge is -2.22. The Kier molecular flexibility index (Phi) is 3.46. The van der Waals surface area contributed by atoms with Crippen LogP contribution in [0, 0.1) is 5.41 Å². The summed E-state index contributed by atoms with van der Waals surface area (Å²) in [4.78, 5) is 10.5. The molecular weight excluding hydrogens is 140 g/mol. The molecule has 0 aliphatic heterocycles. The molecule has 0 amide bonds. The molecule has 0 aromatic heterocycles. The number of hydrogen-bond acceptors (Lipinski definition) is 2. The van der Waals surface area contributed by atoms with Crippen molar-refractivity contribution in [2.45, 2.75) is 33.8 Å². The summed E-state index contributed by atoms with van der Waals surface area (Å²) < 4.78 is 0. The molecule has 2 nitrogen and oxygen atoms in total. The normalized spacial score (nSPS) is 15.4. The first kappa shape index (κ1) is 10.4. The number of aliphatic hydroxyl groups excluding tert-OH is 1. The minimum Gasteiger partial charge on any atom is -0.388 e. The maximum atomic E-state index is 10.5. The molecule has 1 atom stereocenters. The quantitative estimate of drug-likeness (QED) is 0.616. The zero-order valence-electron chi connectivity index (χ0n) is 7.59. The van der Waals surface area contributed by atoms with Crippen LogP contribution < -0.4 is 0 Å². The smallest absolute Gasteiger partial charge is 0.152 e. The molecule has 1 unspecified atom stereocenters. The molecule has 64 valence electrons. The molecule has 0 bridgehead atoms. The van der Waals surface area contributed by atoms with E-state index in [1.165, 1.54) is 19.1 Å². The van der Waals surface area contributed by atoms with Crippen LogP contribution in [0.15, 0.2) is 12.2 Å². The van der Waals surface area contributed by atoms with E-state index < -0.39 is 6.10 Å². The molecule has 0 aliphatic carbocycles. The van der Waals surface area contributed by atoms with E-state index in [-0.39, 0.29) is 11.2 Å². The van der Waals surface area contributed by atoms with Gasteiger partial charge in [0.05, 0.1) is 6.10 Å². The van der Waals surface area contributed by atoms with Crippen LogP contribution in [0.1, 0.15) is 27.7 Å².